The number of carbonyl (C=O) groups is 1. The molecule has 0 spiro atoms. The third-order valence-electron chi connectivity index (χ3n) is 4.32. The molecule has 0 aliphatic carbocycles. The lowest BCUT2D eigenvalue weighted by molar-refractivity contribution is 0.111. The lowest BCUT2D eigenvalue weighted by atomic mass is 9.93. The topological polar surface area (TPSA) is 63.2 Å². The Hall–Kier alpha value is -2.36. The van der Waals surface area contributed by atoms with E-state index in [-0.39, 0.29) is 11.4 Å². The van der Waals surface area contributed by atoms with Gasteiger partial charge in [0.2, 0.25) is 0 Å². The molecular formula is C25H37N3O2S. The number of aryl methyl sites for hydroxylation is 1. The number of nitrogens with zero attached hydrogens (tertiary/aromatic N) is 1. The average Bonchev–Trinajstić information content (AvgIpc) is 3.04. The van der Waals surface area contributed by atoms with Crippen LogP contribution in [0.3, 0.4) is 0 Å². The first kappa shape index (κ1) is 26.7. The molecule has 0 aromatic carbocycles. The summed E-state index contributed by atoms with van der Waals surface area (Å²) in [6.07, 6.45) is 10.1. The molecule has 0 aliphatic rings. The first-order valence-corrected chi connectivity index (χ1v) is 11.6. The van der Waals surface area contributed by atoms with Crippen molar-refractivity contribution < 1.29 is 9.53 Å². The van der Waals surface area contributed by atoms with Crippen LogP contribution in [0, 0.1) is 24.2 Å². The zero-order chi connectivity index (χ0) is 23.3. The highest BCUT2D eigenvalue weighted by atomic mass is 32.1. The second-order valence-corrected chi connectivity index (χ2v) is 9.48. The Labute approximate surface area is 192 Å². The van der Waals surface area contributed by atoms with E-state index in [0.717, 1.165) is 29.0 Å². The zero-order valence-electron chi connectivity index (χ0n) is 20.0. The molecule has 0 unspecified atom stereocenters. The summed E-state index contributed by atoms with van der Waals surface area (Å²) in [6.45, 7) is 16.3. The van der Waals surface area contributed by atoms with Crippen LogP contribution in [-0.2, 0) is 4.74 Å². The number of urea groups is 1. The molecule has 1 aromatic rings. The number of hydrogen-bond donors (Lipinski definition) is 2. The second kappa shape index (κ2) is 13.8. The molecule has 31 heavy (non-hydrogen) atoms. The number of hydrogen-bond acceptors (Lipinski definition) is 4. The molecule has 2 amide bonds. The fraction of sp³-hybridized carbons (Fsp3) is 0.520. The summed E-state index contributed by atoms with van der Waals surface area (Å²) < 4.78 is 5.56. The van der Waals surface area contributed by atoms with E-state index in [1.807, 2.05) is 32.1 Å². The molecule has 5 nitrogen and oxygen atoms in total. The number of amides is 2. The van der Waals surface area contributed by atoms with Crippen LogP contribution in [0.25, 0.3) is 0 Å². The van der Waals surface area contributed by atoms with Crippen LogP contribution in [0.2, 0.25) is 0 Å². The van der Waals surface area contributed by atoms with Gasteiger partial charge in [-0.2, -0.15) is 0 Å². The minimum atomic E-state index is -0.289. The van der Waals surface area contributed by atoms with Crippen LogP contribution in [0.15, 0.2) is 35.5 Å². The third kappa shape index (κ3) is 12.2. The molecule has 170 valence electrons. The van der Waals surface area contributed by atoms with Crippen LogP contribution < -0.4 is 10.6 Å². The highest BCUT2D eigenvalue weighted by Crippen LogP contribution is 2.21. The summed E-state index contributed by atoms with van der Waals surface area (Å²) in [5.74, 6) is 6.37. The van der Waals surface area contributed by atoms with Crippen molar-refractivity contribution in [3.8, 4) is 11.8 Å². The first-order chi connectivity index (χ1) is 14.6. The molecule has 1 heterocycles. The van der Waals surface area contributed by atoms with Gasteiger partial charge >= 0.3 is 6.03 Å². The maximum absolute atomic E-state index is 12.1. The SMILES string of the molecule is CC=CC(C#Cc1sc(NC(=O)NCCOCCC(C)(C)C)nc1C)=CC=C(C)CC. The van der Waals surface area contributed by atoms with E-state index in [1.54, 1.807) is 0 Å². The molecule has 0 saturated carbocycles. The van der Waals surface area contributed by atoms with Crippen molar-refractivity contribution in [1.29, 1.82) is 0 Å². The molecule has 0 aliphatic heterocycles. The summed E-state index contributed by atoms with van der Waals surface area (Å²) in [5, 5.41) is 6.10. The second-order valence-electron chi connectivity index (χ2n) is 8.48. The van der Waals surface area contributed by atoms with Crippen LogP contribution in [0.5, 0.6) is 0 Å². The molecular weight excluding hydrogens is 406 g/mol. The van der Waals surface area contributed by atoms with Crippen molar-refractivity contribution in [3.05, 3.63) is 46.0 Å². The van der Waals surface area contributed by atoms with Gasteiger partial charge in [-0.1, -0.05) is 68.8 Å². The van der Waals surface area contributed by atoms with Crippen LogP contribution >= 0.6 is 11.3 Å². The third-order valence-corrected chi connectivity index (χ3v) is 5.31. The number of rotatable bonds is 9. The van der Waals surface area contributed by atoms with E-state index in [1.165, 1.54) is 16.9 Å². The predicted octanol–water partition coefficient (Wildman–Crippen LogP) is 6.24. The monoisotopic (exact) mass is 443 g/mol. The highest BCUT2D eigenvalue weighted by Gasteiger charge is 2.10. The lowest BCUT2D eigenvalue weighted by Gasteiger charge is -2.17. The van der Waals surface area contributed by atoms with E-state index in [9.17, 15) is 4.79 Å². The maximum Gasteiger partial charge on any atom is 0.321 e. The molecule has 0 saturated heterocycles. The van der Waals surface area contributed by atoms with E-state index in [2.05, 4.69) is 68.2 Å². The smallest absolute Gasteiger partial charge is 0.321 e. The van der Waals surface area contributed by atoms with E-state index in [4.69, 9.17) is 4.74 Å². The number of carbonyl (C=O) groups excluding carboxylic acids is 1. The van der Waals surface area contributed by atoms with Crippen molar-refractivity contribution in [2.24, 2.45) is 5.41 Å². The molecule has 2 N–H and O–H groups in total. The molecule has 0 radical (unpaired) electrons. The minimum absolute atomic E-state index is 0.253. The maximum atomic E-state index is 12.1. The van der Waals surface area contributed by atoms with Gasteiger partial charge in [-0.05, 0) is 51.0 Å². The standard InChI is InChI=1S/C25H37N3O2S/c1-8-10-21(12-11-19(3)9-2)13-14-22-20(4)27-24(31-22)28-23(29)26-16-18-30-17-15-25(5,6)7/h8,10-12H,9,15-18H2,1-7H3,(H2,26,27,28,29). The van der Waals surface area contributed by atoms with Gasteiger partial charge in [0, 0.05) is 18.7 Å². The number of anilines is 1. The molecule has 0 atom stereocenters. The lowest BCUT2D eigenvalue weighted by Crippen LogP contribution is -2.31. The molecule has 1 aromatic heterocycles. The summed E-state index contributed by atoms with van der Waals surface area (Å²) in [4.78, 5) is 17.3. The summed E-state index contributed by atoms with van der Waals surface area (Å²) in [5.41, 5.74) is 3.29. The van der Waals surface area contributed by atoms with Crippen molar-refractivity contribution in [3.63, 3.8) is 0 Å². The largest absolute Gasteiger partial charge is 0.380 e. The molecule has 0 bridgehead atoms. The summed E-state index contributed by atoms with van der Waals surface area (Å²) in [6, 6.07) is -0.289. The van der Waals surface area contributed by atoms with E-state index >= 15 is 0 Å². The van der Waals surface area contributed by atoms with Gasteiger partial charge in [0.1, 0.15) is 4.88 Å². The number of allylic oxidation sites excluding steroid dienone is 6. The number of nitrogens with one attached hydrogen (secondary N) is 2. The van der Waals surface area contributed by atoms with Crippen molar-refractivity contribution >= 4 is 22.5 Å². The van der Waals surface area contributed by atoms with Gasteiger partial charge in [0.25, 0.3) is 0 Å². The zero-order valence-corrected chi connectivity index (χ0v) is 20.8. The number of aromatic nitrogens is 1. The average molecular weight is 444 g/mol. The Morgan fingerprint density at radius 1 is 1.26 bits per heavy atom. The van der Waals surface area contributed by atoms with E-state index in [0.29, 0.717) is 24.9 Å². The Balaban J connectivity index is 2.61. The Morgan fingerprint density at radius 3 is 2.65 bits per heavy atom. The Morgan fingerprint density at radius 2 is 2.00 bits per heavy atom. The first-order valence-electron chi connectivity index (χ1n) is 10.8. The van der Waals surface area contributed by atoms with Crippen LogP contribution in [-0.4, -0.2) is 30.8 Å². The summed E-state index contributed by atoms with van der Waals surface area (Å²) in [7, 11) is 0. The Bertz CT molecular complexity index is 862. The normalized spacial score (nSPS) is 12.6. The van der Waals surface area contributed by atoms with Gasteiger partial charge in [0.05, 0.1) is 12.3 Å². The minimum Gasteiger partial charge on any atom is -0.380 e. The van der Waals surface area contributed by atoms with Crippen LogP contribution in [0.4, 0.5) is 9.93 Å². The van der Waals surface area contributed by atoms with Gasteiger partial charge in [-0.3, -0.25) is 5.32 Å². The van der Waals surface area contributed by atoms with Gasteiger partial charge in [-0.25, -0.2) is 9.78 Å². The fourth-order valence-electron chi connectivity index (χ4n) is 2.22. The summed E-state index contributed by atoms with van der Waals surface area (Å²) >= 11 is 1.37. The van der Waals surface area contributed by atoms with Crippen molar-refractivity contribution in [1.82, 2.24) is 10.3 Å². The van der Waals surface area contributed by atoms with E-state index < -0.39 is 0 Å². The number of ether oxygens (including phenoxy) is 1. The van der Waals surface area contributed by atoms with Crippen molar-refractivity contribution in [2.45, 2.75) is 61.3 Å². The molecule has 0 fully saturated rings. The quantitative estimate of drug-likeness (QED) is 0.270. The highest BCUT2D eigenvalue weighted by molar-refractivity contribution is 7.16. The fourth-order valence-corrected chi connectivity index (χ4v) is 3.04. The van der Waals surface area contributed by atoms with Crippen molar-refractivity contribution in [2.75, 3.05) is 25.1 Å². The van der Waals surface area contributed by atoms with Gasteiger partial charge < -0.3 is 10.1 Å². The van der Waals surface area contributed by atoms with Gasteiger partial charge in [0.15, 0.2) is 5.13 Å². The predicted molar refractivity (Wildman–Crippen MR) is 133 cm³/mol. The molecule has 6 heteroatoms. The molecule has 1 rings (SSSR count). The van der Waals surface area contributed by atoms with Gasteiger partial charge in [-0.15, -0.1) is 0 Å². The van der Waals surface area contributed by atoms with Crippen LogP contribution in [0.1, 0.15) is 65.0 Å². The number of thiazole rings is 1. The Kier molecular flexibility index (Phi) is 11.9.